The first-order valence-electron chi connectivity index (χ1n) is 8.46. The number of pyridine rings is 1. The predicted molar refractivity (Wildman–Crippen MR) is 97.5 cm³/mol. The molecule has 0 radical (unpaired) electrons. The van der Waals surface area contributed by atoms with Crippen molar-refractivity contribution in [2.75, 3.05) is 19.6 Å². The fraction of sp³-hybridized carbons (Fsp3) is 0.500. The lowest BCUT2D eigenvalue weighted by Crippen LogP contribution is -2.50. The van der Waals surface area contributed by atoms with Gasteiger partial charge in [0.2, 0.25) is 0 Å². The molecule has 2 fully saturated rings. The molecule has 0 amide bonds. The number of nitrogens with one attached hydrogen (secondary N) is 2. The molecule has 0 aliphatic carbocycles. The van der Waals surface area contributed by atoms with Crippen LogP contribution in [0.4, 0.5) is 0 Å². The molecule has 0 spiro atoms. The Labute approximate surface area is 151 Å². The van der Waals surface area contributed by atoms with Gasteiger partial charge in [0.15, 0.2) is 0 Å². The quantitative estimate of drug-likeness (QED) is 0.702. The van der Waals surface area contributed by atoms with E-state index in [1.165, 1.54) is 0 Å². The molecule has 134 valence electrons. The molecule has 2 aliphatic heterocycles. The van der Waals surface area contributed by atoms with Crippen LogP contribution < -0.4 is 10.0 Å². The molecule has 2 aromatic rings. The Hall–Kier alpha value is -1.39. The topological polar surface area (TPSA) is 87.2 Å². The summed E-state index contributed by atoms with van der Waals surface area (Å²) in [6, 6.07) is 4.31. The van der Waals surface area contributed by atoms with Crippen LogP contribution in [0.25, 0.3) is 11.3 Å². The molecule has 0 unspecified atom stereocenters. The van der Waals surface area contributed by atoms with Gasteiger partial charge in [0.1, 0.15) is 0 Å². The monoisotopic (exact) mass is 379 g/mol. The summed E-state index contributed by atoms with van der Waals surface area (Å²) >= 11 is 1.61. The molecule has 2 saturated heterocycles. The Morgan fingerprint density at radius 2 is 2.20 bits per heavy atom. The smallest absolute Gasteiger partial charge is 0.279 e. The molecule has 4 heterocycles. The number of hydrogen-bond donors (Lipinski definition) is 2. The maximum atomic E-state index is 12.4. The van der Waals surface area contributed by atoms with Crippen molar-refractivity contribution in [1.82, 2.24) is 24.3 Å². The molecule has 4 rings (SSSR count). The van der Waals surface area contributed by atoms with Gasteiger partial charge >= 0.3 is 0 Å². The summed E-state index contributed by atoms with van der Waals surface area (Å²) in [6.45, 7) is 1.79. The number of aryl methyl sites for hydroxylation is 1. The van der Waals surface area contributed by atoms with E-state index in [4.69, 9.17) is 0 Å². The number of hydrogen-bond acceptors (Lipinski definition) is 6. The molecule has 0 aromatic carbocycles. The maximum Gasteiger partial charge on any atom is 0.279 e. The summed E-state index contributed by atoms with van der Waals surface area (Å²) in [5, 5.41) is 6.37. The van der Waals surface area contributed by atoms with Crippen molar-refractivity contribution in [2.24, 2.45) is 0 Å². The molecule has 2 N–H and O–H groups in total. The van der Waals surface area contributed by atoms with E-state index in [2.05, 4.69) is 20.0 Å². The van der Waals surface area contributed by atoms with Crippen molar-refractivity contribution in [3.05, 3.63) is 34.9 Å². The highest BCUT2D eigenvalue weighted by Gasteiger charge is 2.43. The summed E-state index contributed by atoms with van der Waals surface area (Å²) in [6.07, 6.45) is 5.94. The van der Waals surface area contributed by atoms with Gasteiger partial charge in [-0.05, 0) is 25.0 Å². The van der Waals surface area contributed by atoms with E-state index in [-0.39, 0.29) is 6.04 Å². The summed E-state index contributed by atoms with van der Waals surface area (Å²) in [4.78, 5) is 8.63. The number of nitrogens with zero attached hydrogens (tertiary/aromatic N) is 3. The Bertz CT molecular complexity index is 824. The van der Waals surface area contributed by atoms with E-state index < -0.39 is 10.2 Å². The molecular weight excluding hydrogens is 358 g/mol. The zero-order chi connectivity index (χ0) is 17.3. The van der Waals surface area contributed by atoms with Crippen molar-refractivity contribution in [1.29, 1.82) is 0 Å². The lowest BCUT2D eigenvalue weighted by molar-refractivity contribution is 0.343. The van der Waals surface area contributed by atoms with Crippen LogP contribution in [0.1, 0.15) is 17.8 Å². The molecule has 2 aromatic heterocycles. The first-order chi connectivity index (χ1) is 12.1. The van der Waals surface area contributed by atoms with Gasteiger partial charge in [-0.1, -0.05) is 0 Å². The van der Waals surface area contributed by atoms with Gasteiger partial charge in [0.05, 0.1) is 10.7 Å². The average Bonchev–Trinajstić information content (AvgIpc) is 3.36. The van der Waals surface area contributed by atoms with Gasteiger partial charge in [0, 0.05) is 61.5 Å². The summed E-state index contributed by atoms with van der Waals surface area (Å²) < 4.78 is 29.1. The van der Waals surface area contributed by atoms with E-state index in [0.29, 0.717) is 19.1 Å². The number of piperazine rings is 1. The highest BCUT2D eigenvalue weighted by atomic mass is 32.2. The molecule has 0 saturated carbocycles. The van der Waals surface area contributed by atoms with Crippen LogP contribution in [-0.4, -0.2) is 54.4 Å². The van der Waals surface area contributed by atoms with Gasteiger partial charge in [0.25, 0.3) is 10.2 Å². The third kappa shape index (κ3) is 3.75. The van der Waals surface area contributed by atoms with Crippen LogP contribution >= 0.6 is 11.3 Å². The van der Waals surface area contributed by atoms with Gasteiger partial charge in [-0.25, -0.2) is 9.71 Å². The van der Waals surface area contributed by atoms with E-state index in [9.17, 15) is 8.42 Å². The molecule has 9 heteroatoms. The number of fused-ring (bicyclic) bond motifs is 2. The van der Waals surface area contributed by atoms with Crippen LogP contribution in [0.15, 0.2) is 29.9 Å². The summed E-state index contributed by atoms with van der Waals surface area (Å²) in [5.41, 5.74) is 2.00. The Morgan fingerprint density at radius 1 is 1.36 bits per heavy atom. The third-order valence-electron chi connectivity index (χ3n) is 4.69. The maximum absolute atomic E-state index is 12.4. The lowest BCUT2D eigenvalue weighted by atomic mass is 10.2. The minimum absolute atomic E-state index is 0.115. The molecule has 2 bridgehead atoms. The SMILES string of the molecule is O=S(=O)(NCCCc1nc(-c2ccncc2)cs1)N1C[C@@H]2C[C@H]1CN2. The second-order valence-corrected chi connectivity index (χ2v) is 9.08. The Balaban J connectivity index is 1.26. The zero-order valence-corrected chi connectivity index (χ0v) is 15.4. The minimum atomic E-state index is -3.36. The van der Waals surface area contributed by atoms with E-state index in [1.54, 1.807) is 28.0 Å². The highest BCUT2D eigenvalue weighted by Crippen LogP contribution is 2.25. The number of thiazole rings is 1. The van der Waals surface area contributed by atoms with Crippen LogP contribution in [0.2, 0.25) is 0 Å². The average molecular weight is 380 g/mol. The molecule has 2 atom stereocenters. The van der Waals surface area contributed by atoms with Crippen LogP contribution in [0.3, 0.4) is 0 Å². The second kappa shape index (κ2) is 7.08. The predicted octanol–water partition coefficient (Wildman–Crippen LogP) is 1.02. The molecular formula is C16H21N5O2S2. The van der Waals surface area contributed by atoms with Crippen molar-refractivity contribution in [2.45, 2.75) is 31.3 Å². The number of rotatable bonds is 7. The van der Waals surface area contributed by atoms with Gasteiger partial charge in [-0.2, -0.15) is 12.7 Å². The highest BCUT2D eigenvalue weighted by molar-refractivity contribution is 7.87. The van der Waals surface area contributed by atoms with Crippen molar-refractivity contribution >= 4 is 21.5 Å². The third-order valence-corrected chi connectivity index (χ3v) is 7.24. The zero-order valence-electron chi connectivity index (χ0n) is 13.8. The first kappa shape index (κ1) is 17.0. The van der Waals surface area contributed by atoms with Gasteiger partial charge in [-0.15, -0.1) is 11.3 Å². The van der Waals surface area contributed by atoms with E-state index in [0.717, 1.165) is 42.1 Å². The Kier molecular flexibility index (Phi) is 4.83. The van der Waals surface area contributed by atoms with Crippen molar-refractivity contribution < 1.29 is 8.42 Å². The van der Waals surface area contributed by atoms with Crippen LogP contribution in [0.5, 0.6) is 0 Å². The normalized spacial score (nSPS) is 23.4. The minimum Gasteiger partial charge on any atom is -0.311 e. The Morgan fingerprint density at radius 3 is 2.92 bits per heavy atom. The van der Waals surface area contributed by atoms with Gasteiger partial charge in [-0.3, -0.25) is 4.98 Å². The second-order valence-electron chi connectivity index (χ2n) is 6.43. The molecule has 25 heavy (non-hydrogen) atoms. The first-order valence-corrected chi connectivity index (χ1v) is 10.8. The summed E-state index contributed by atoms with van der Waals surface area (Å²) in [5.74, 6) is 0. The number of aromatic nitrogens is 2. The lowest BCUT2D eigenvalue weighted by Gasteiger charge is -2.26. The fourth-order valence-corrected chi connectivity index (χ4v) is 5.77. The largest absolute Gasteiger partial charge is 0.311 e. The fourth-order valence-electron chi connectivity index (χ4n) is 3.42. The van der Waals surface area contributed by atoms with Crippen LogP contribution in [-0.2, 0) is 16.6 Å². The standard InChI is InChI=1S/C16H21N5O2S2/c22-25(23,21-10-13-8-14(21)9-18-13)19-5-1-2-16-20-15(11-24-16)12-3-6-17-7-4-12/h3-4,6-7,11,13-14,18-19H,1-2,5,8-10H2/t13-,14-/m0/s1. The van der Waals surface area contributed by atoms with Crippen molar-refractivity contribution in [3.8, 4) is 11.3 Å². The van der Waals surface area contributed by atoms with E-state index in [1.807, 2.05) is 17.5 Å². The molecule has 2 aliphatic rings. The van der Waals surface area contributed by atoms with Crippen molar-refractivity contribution in [3.63, 3.8) is 0 Å². The van der Waals surface area contributed by atoms with E-state index >= 15 is 0 Å². The summed E-state index contributed by atoms with van der Waals surface area (Å²) in [7, 11) is -3.36. The molecule has 7 nitrogen and oxygen atoms in total. The van der Waals surface area contributed by atoms with Crippen LogP contribution in [0, 0.1) is 0 Å². The van der Waals surface area contributed by atoms with Gasteiger partial charge < -0.3 is 5.32 Å².